The Balaban J connectivity index is 1.50. The molecule has 146 valence electrons. The molecule has 0 unspecified atom stereocenters. The van der Waals surface area contributed by atoms with Gasteiger partial charge >= 0.3 is 0 Å². The molecular weight excluding hydrogens is 366 g/mol. The maximum atomic E-state index is 12.1. The van der Waals surface area contributed by atoms with E-state index in [1.165, 1.54) is 0 Å². The number of carbonyl (C=O) groups excluding carboxylic acids is 1. The fourth-order valence-corrected chi connectivity index (χ4v) is 3.26. The van der Waals surface area contributed by atoms with Gasteiger partial charge in [0.1, 0.15) is 12.1 Å². The standard InChI is InChI=1S/C21H21N7O/c1-22-21(29)17-7-9-24-20-14(4-3-5-16(17)20)6-8-23-19-10-18(25-13-26-19)15-11-27-28(2)12-15/h3-5,7,9-13H,6,8H2,1-2H3,(H,22,29)(H,23,25,26). The molecule has 3 heterocycles. The van der Waals surface area contributed by atoms with Crippen LogP contribution in [0.25, 0.3) is 22.2 Å². The van der Waals surface area contributed by atoms with Gasteiger partial charge < -0.3 is 10.6 Å². The number of pyridine rings is 1. The van der Waals surface area contributed by atoms with E-state index in [-0.39, 0.29) is 5.91 Å². The van der Waals surface area contributed by atoms with E-state index in [9.17, 15) is 4.79 Å². The minimum Gasteiger partial charge on any atom is -0.370 e. The van der Waals surface area contributed by atoms with Gasteiger partial charge in [0.25, 0.3) is 5.91 Å². The molecule has 0 bridgehead atoms. The number of hydrogen-bond donors (Lipinski definition) is 2. The lowest BCUT2D eigenvalue weighted by Crippen LogP contribution is -2.18. The lowest BCUT2D eigenvalue weighted by Gasteiger charge is -2.10. The average Bonchev–Trinajstić information content (AvgIpc) is 3.19. The number of rotatable bonds is 6. The number of hydrogen-bond acceptors (Lipinski definition) is 6. The number of carbonyl (C=O) groups is 1. The molecule has 2 N–H and O–H groups in total. The van der Waals surface area contributed by atoms with Gasteiger partial charge in [-0.1, -0.05) is 18.2 Å². The number of amides is 1. The van der Waals surface area contributed by atoms with Crippen LogP contribution in [0.3, 0.4) is 0 Å². The second kappa shape index (κ2) is 8.05. The van der Waals surface area contributed by atoms with Gasteiger partial charge in [-0.2, -0.15) is 5.10 Å². The Kier molecular flexibility index (Phi) is 5.15. The van der Waals surface area contributed by atoms with Crippen molar-refractivity contribution in [3.05, 3.63) is 66.4 Å². The number of aryl methyl sites for hydroxylation is 1. The molecule has 8 nitrogen and oxygen atoms in total. The van der Waals surface area contributed by atoms with E-state index in [2.05, 4.69) is 30.7 Å². The van der Waals surface area contributed by atoms with Crippen molar-refractivity contribution in [1.29, 1.82) is 0 Å². The number of aromatic nitrogens is 5. The van der Waals surface area contributed by atoms with E-state index < -0.39 is 0 Å². The molecule has 4 aromatic rings. The minimum atomic E-state index is -0.114. The lowest BCUT2D eigenvalue weighted by atomic mass is 10.0. The van der Waals surface area contributed by atoms with Crippen molar-refractivity contribution in [2.24, 2.45) is 7.05 Å². The summed E-state index contributed by atoms with van der Waals surface area (Å²) in [5.74, 6) is 0.634. The SMILES string of the molecule is CNC(=O)c1ccnc2c(CCNc3cc(-c4cnn(C)c4)ncn3)cccc12. The molecule has 0 atom stereocenters. The zero-order valence-corrected chi connectivity index (χ0v) is 16.3. The molecule has 4 rings (SSSR count). The third-order valence-electron chi connectivity index (χ3n) is 4.69. The van der Waals surface area contributed by atoms with Gasteiger partial charge in [0, 0.05) is 50.0 Å². The van der Waals surface area contributed by atoms with Crippen molar-refractivity contribution >= 4 is 22.6 Å². The minimum absolute atomic E-state index is 0.114. The summed E-state index contributed by atoms with van der Waals surface area (Å²) < 4.78 is 1.74. The third kappa shape index (κ3) is 3.91. The number of nitrogens with zero attached hydrogens (tertiary/aromatic N) is 5. The predicted molar refractivity (Wildman–Crippen MR) is 112 cm³/mol. The lowest BCUT2D eigenvalue weighted by molar-refractivity contribution is 0.0964. The van der Waals surface area contributed by atoms with E-state index in [0.717, 1.165) is 40.0 Å². The van der Waals surface area contributed by atoms with Gasteiger partial charge in [0.15, 0.2) is 0 Å². The van der Waals surface area contributed by atoms with E-state index >= 15 is 0 Å². The second-order valence-corrected chi connectivity index (χ2v) is 6.62. The van der Waals surface area contributed by atoms with Crippen LogP contribution >= 0.6 is 0 Å². The first-order valence-corrected chi connectivity index (χ1v) is 9.29. The van der Waals surface area contributed by atoms with Crippen molar-refractivity contribution in [3.63, 3.8) is 0 Å². The first-order chi connectivity index (χ1) is 14.2. The molecule has 0 aliphatic heterocycles. The van der Waals surface area contributed by atoms with Crippen LogP contribution in [0.4, 0.5) is 5.82 Å². The van der Waals surface area contributed by atoms with Crippen LogP contribution in [-0.4, -0.2) is 44.2 Å². The predicted octanol–water partition coefficient (Wildman–Crippen LogP) is 2.44. The molecular formula is C21H21N7O. The number of fused-ring (bicyclic) bond motifs is 1. The summed E-state index contributed by atoms with van der Waals surface area (Å²) in [5.41, 5.74) is 4.30. The van der Waals surface area contributed by atoms with Gasteiger partial charge in [-0.25, -0.2) is 9.97 Å². The highest BCUT2D eigenvalue weighted by molar-refractivity contribution is 6.06. The number of para-hydroxylation sites is 1. The molecule has 1 amide bonds. The molecule has 0 radical (unpaired) electrons. The van der Waals surface area contributed by atoms with Crippen LogP contribution in [-0.2, 0) is 13.5 Å². The van der Waals surface area contributed by atoms with Gasteiger partial charge in [-0.05, 0) is 18.1 Å². The van der Waals surface area contributed by atoms with Crippen LogP contribution in [0.5, 0.6) is 0 Å². The monoisotopic (exact) mass is 387 g/mol. The molecule has 0 aliphatic rings. The van der Waals surface area contributed by atoms with Crippen LogP contribution in [0.1, 0.15) is 15.9 Å². The van der Waals surface area contributed by atoms with Crippen LogP contribution in [0, 0.1) is 0 Å². The molecule has 1 aromatic carbocycles. The second-order valence-electron chi connectivity index (χ2n) is 6.62. The Labute approximate surface area is 168 Å². The van der Waals surface area contributed by atoms with Crippen molar-refractivity contribution in [1.82, 2.24) is 30.0 Å². The molecule has 0 saturated heterocycles. The summed E-state index contributed by atoms with van der Waals surface area (Å²) in [6, 6.07) is 9.56. The highest BCUT2D eigenvalue weighted by Gasteiger charge is 2.11. The normalized spacial score (nSPS) is 10.8. The summed E-state index contributed by atoms with van der Waals surface area (Å²) in [6.07, 6.45) is 7.65. The maximum Gasteiger partial charge on any atom is 0.251 e. The number of anilines is 1. The zero-order chi connectivity index (χ0) is 20.2. The Hall–Kier alpha value is -3.81. The van der Waals surface area contributed by atoms with E-state index in [1.54, 1.807) is 36.5 Å². The van der Waals surface area contributed by atoms with Crippen LogP contribution in [0.2, 0.25) is 0 Å². The number of nitrogens with one attached hydrogen (secondary N) is 2. The van der Waals surface area contributed by atoms with Gasteiger partial charge in [-0.3, -0.25) is 14.5 Å². The maximum absolute atomic E-state index is 12.1. The summed E-state index contributed by atoms with van der Waals surface area (Å²) in [7, 11) is 3.50. The highest BCUT2D eigenvalue weighted by atomic mass is 16.1. The van der Waals surface area contributed by atoms with Crippen molar-refractivity contribution in [3.8, 4) is 11.3 Å². The topological polar surface area (TPSA) is 97.6 Å². The first kappa shape index (κ1) is 18.5. The summed E-state index contributed by atoms with van der Waals surface area (Å²) in [4.78, 5) is 25.2. The molecule has 0 saturated carbocycles. The molecule has 0 aliphatic carbocycles. The molecule has 0 spiro atoms. The van der Waals surface area contributed by atoms with Gasteiger partial charge in [0.2, 0.25) is 0 Å². The molecule has 29 heavy (non-hydrogen) atoms. The Morgan fingerprint density at radius 3 is 2.86 bits per heavy atom. The fraction of sp³-hybridized carbons (Fsp3) is 0.190. The average molecular weight is 387 g/mol. The highest BCUT2D eigenvalue weighted by Crippen LogP contribution is 2.21. The molecule has 8 heteroatoms. The van der Waals surface area contributed by atoms with Gasteiger partial charge in [-0.15, -0.1) is 0 Å². The van der Waals surface area contributed by atoms with E-state index in [4.69, 9.17) is 0 Å². The van der Waals surface area contributed by atoms with Crippen molar-refractivity contribution in [2.45, 2.75) is 6.42 Å². The Morgan fingerprint density at radius 2 is 2.07 bits per heavy atom. The Bertz CT molecular complexity index is 1170. The van der Waals surface area contributed by atoms with Crippen LogP contribution in [0.15, 0.2) is 55.2 Å². The zero-order valence-electron chi connectivity index (χ0n) is 16.3. The number of benzene rings is 1. The quantitative estimate of drug-likeness (QED) is 0.527. The first-order valence-electron chi connectivity index (χ1n) is 9.29. The van der Waals surface area contributed by atoms with Crippen LogP contribution < -0.4 is 10.6 Å². The van der Waals surface area contributed by atoms with E-state index in [1.807, 2.05) is 37.5 Å². The molecule has 0 fully saturated rings. The summed E-state index contributed by atoms with van der Waals surface area (Å²) in [5, 5.41) is 11.0. The van der Waals surface area contributed by atoms with Crippen molar-refractivity contribution in [2.75, 3.05) is 18.9 Å². The van der Waals surface area contributed by atoms with Gasteiger partial charge in [0.05, 0.1) is 23.0 Å². The van der Waals surface area contributed by atoms with Crippen molar-refractivity contribution < 1.29 is 4.79 Å². The fourth-order valence-electron chi connectivity index (χ4n) is 3.26. The summed E-state index contributed by atoms with van der Waals surface area (Å²) >= 11 is 0. The Morgan fingerprint density at radius 1 is 1.17 bits per heavy atom. The largest absolute Gasteiger partial charge is 0.370 e. The molecule has 3 aromatic heterocycles. The third-order valence-corrected chi connectivity index (χ3v) is 4.69. The summed E-state index contributed by atoms with van der Waals surface area (Å²) in [6.45, 7) is 0.675. The smallest absolute Gasteiger partial charge is 0.251 e. The van der Waals surface area contributed by atoms with E-state index in [0.29, 0.717) is 12.1 Å².